The van der Waals surface area contributed by atoms with Gasteiger partial charge in [0.15, 0.2) is 0 Å². The van der Waals surface area contributed by atoms with Crippen molar-refractivity contribution in [2.24, 2.45) is 5.92 Å². The topological polar surface area (TPSA) is 38.3 Å². The second-order valence-electron chi connectivity index (χ2n) is 4.80. The van der Waals surface area contributed by atoms with E-state index in [1.165, 1.54) is 0 Å². The van der Waals surface area contributed by atoms with E-state index in [0.29, 0.717) is 28.1 Å². The molecular weight excluding hydrogens is 285 g/mol. The van der Waals surface area contributed by atoms with E-state index in [0.717, 1.165) is 32.5 Å². The Morgan fingerprint density at radius 2 is 1.84 bits per heavy atom. The molecule has 0 saturated carbocycles. The summed E-state index contributed by atoms with van der Waals surface area (Å²) in [7, 11) is 0. The van der Waals surface area contributed by atoms with E-state index in [-0.39, 0.29) is 5.91 Å². The molecule has 2 rings (SSSR count). The highest BCUT2D eigenvalue weighted by Crippen LogP contribution is 2.23. The SMILES string of the molecule is O=C(CCC1CCOCC1)Nc1cc(Cl)cc(Cl)c1. The Kier molecular flexibility index (Phi) is 5.49. The Morgan fingerprint density at radius 1 is 1.21 bits per heavy atom. The van der Waals surface area contributed by atoms with Gasteiger partial charge in [-0.15, -0.1) is 0 Å². The van der Waals surface area contributed by atoms with Crippen LogP contribution in [0.15, 0.2) is 18.2 Å². The summed E-state index contributed by atoms with van der Waals surface area (Å²) in [5.41, 5.74) is 0.648. The van der Waals surface area contributed by atoms with Crippen molar-refractivity contribution in [3.8, 4) is 0 Å². The van der Waals surface area contributed by atoms with Crippen LogP contribution in [0, 0.1) is 5.92 Å². The van der Waals surface area contributed by atoms with Gasteiger partial charge in [-0.3, -0.25) is 4.79 Å². The Bertz CT molecular complexity index is 425. The average molecular weight is 302 g/mol. The molecule has 0 radical (unpaired) electrons. The molecule has 0 bridgehead atoms. The van der Waals surface area contributed by atoms with Gasteiger partial charge in [-0.2, -0.15) is 0 Å². The first-order chi connectivity index (χ1) is 9.13. The second kappa shape index (κ2) is 7.13. The summed E-state index contributed by atoms with van der Waals surface area (Å²) in [6.45, 7) is 1.63. The van der Waals surface area contributed by atoms with E-state index in [1.807, 2.05) is 0 Å². The molecule has 1 fully saturated rings. The molecule has 104 valence electrons. The maximum atomic E-state index is 11.8. The molecule has 1 aromatic carbocycles. The number of carbonyl (C=O) groups is 1. The minimum Gasteiger partial charge on any atom is -0.381 e. The summed E-state index contributed by atoms with van der Waals surface area (Å²) < 4.78 is 5.30. The summed E-state index contributed by atoms with van der Waals surface area (Å²) in [4.78, 5) is 11.8. The van der Waals surface area contributed by atoms with Crippen LogP contribution in [0.2, 0.25) is 10.0 Å². The van der Waals surface area contributed by atoms with Gasteiger partial charge in [-0.05, 0) is 43.4 Å². The molecular formula is C14H17Cl2NO2. The normalized spacial score (nSPS) is 16.3. The van der Waals surface area contributed by atoms with Gasteiger partial charge >= 0.3 is 0 Å². The highest BCUT2D eigenvalue weighted by Gasteiger charge is 2.15. The van der Waals surface area contributed by atoms with Crippen LogP contribution in [0.4, 0.5) is 5.69 Å². The number of ether oxygens (including phenoxy) is 1. The number of carbonyl (C=O) groups excluding carboxylic acids is 1. The first-order valence-corrected chi connectivity index (χ1v) is 7.23. The van der Waals surface area contributed by atoms with Crippen LogP contribution in [0.5, 0.6) is 0 Å². The molecule has 19 heavy (non-hydrogen) atoms. The van der Waals surface area contributed by atoms with Crippen LogP contribution in [0.3, 0.4) is 0 Å². The van der Waals surface area contributed by atoms with Gasteiger partial charge in [0.2, 0.25) is 5.91 Å². The number of amides is 1. The molecule has 3 nitrogen and oxygen atoms in total. The van der Waals surface area contributed by atoms with Crippen LogP contribution in [-0.4, -0.2) is 19.1 Å². The maximum absolute atomic E-state index is 11.8. The molecule has 0 unspecified atom stereocenters. The third-order valence-electron chi connectivity index (χ3n) is 3.27. The van der Waals surface area contributed by atoms with Crippen molar-refractivity contribution in [3.05, 3.63) is 28.2 Å². The molecule has 1 aliphatic rings. The van der Waals surface area contributed by atoms with Crippen LogP contribution in [0.1, 0.15) is 25.7 Å². The fourth-order valence-corrected chi connectivity index (χ4v) is 2.75. The van der Waals surface area contributed by atoms with E-state index >= 15 is 0 Å². The lowest BCUT2D eigenvalue weighted by Gasteiger charge is -2.21. The highest BCUT2D eigenvalue weighted by atomic mass is 35.5. The Labute approximate surface area is 123 Å². The van der Waals surface area contributed by atoms with E-state index in [1.54, 1.807) is 18.2 Å². The van der Waals surface area contributed by atoms with E-state index < -0.39 is 0 Å². The first kappa shape index (κ1) is 14.6. The molecule has 1 amide bonds. The van der Waals surface area contributed by atoms with Crippen molar-refractivity contribution in [2.75, 3.05) is 18.5 Å². The van der Waals surface area contributed by atoms with Gasteiger partial charge in [0.25, 0.3) is 0 Å². The van der Waals surface area contributed by atoms with Gasteiger partial charge in [0.1, 0.15) is 0 Å². The van der Waals surface area contributed by atoms with Gasteiger partial charge in [0.05, 0.1) is 0 Å². The number of nitrogens with one attached hydrogen (secondary N) is 1. The zero-order valence-electron chi connectivity index (χ0n) is 10.6. The number of benzene rings is 1. The molecule has 1 saturated heterocycles. The summed E-state index contributed by atoms with van der Waals surface area (Å²) in [6.07, 6.45) is 3.53. The molecule has 5 heteroatoms. The van der Waals surface area contributed by atoms with Crippen molar-refractivity contribution in [2.45, 2.75) is 25.7 Å². The Hall–Kier alpha value is -0.770. The molecule has 0 aromatic heterocycles. The van der Waals surface area contributed by atoms with Crippen molar-refractivity contribution in [1.29, 1.82) is 0 Å². The fourth-order valence-electron chi connectivity index (χ4n) is 2.22. The van der Waals surface area contributed by atoms with Gasteiger partial charge in [-0.1, -0.05) is 23.2 Å². The zero-order valence-corrected chi connectivity index (χ0v) is 12.1. The monoisotopic (exact) mass is 301 g/mol. The summed E-state index contributed by atoms with van der Waals surface area (Å²) in [5, 5.41) is 3.87. The lowest BCUT2D eigenvalue weighted by molar-refractivity contribution is -0.116. The van der Waals surface area contributed by atoms with Crippen LogP contribution in [0.25, 0.3) is 0 Å². The summed E-state index contributed by atoms with van der Waals surface area (Å²) in [6, 6.07) is 5.03. The summed E-state index contributed by atoms with van der Waals surface area (Å²) in [5.74, 6) is 0.604. The van der Waals surface area contributed by atoms with Gasteiger partial charge in [-0.25, -0.2) is 0 Å². The number of rotatable bonds is 4. The quantitative estimate of drug-likeness (QED) is 0.907. The second-order valence-corrected chi connectivity index (χ2v) is 5.67. The molecule has 0 aliphatic carbocycles. The smallest absolute Gasteiger partial charge is 0.224 e. The van der Waals surface area contributed by atoms with Crippen LogP contribution >= 0.6 is 23.2 Å². The number of anilines is 1. The number of hydrogen-bond donors (Lipinski definition) is 1. The highest BCUT2D eigenvalue weighted by molar-refractivity contribution is 6.35. The van der Waals surface area contributed by atoms with Crippen molar-refractivity contribution in [1.82, 2.24) is 0 Å². The van der Waals surface area contributed by atoms with E-state index in [9.17, 15) is 4.79 Å². The third kappa shape index (κ3) is 5.01. The maximum Gasteiger partial charge on any atom is 0.224 e. The molecule has 1 N–H and O–H groups in total. The largest absolute Gasteiger partial charge is 0.381 e. The molecule has 1 heterocycles. The number of halogens is 2. The van der Waals surface area contributed by atoms with Gasteiger partial charge < -0.3 is 10.1 Å². The van der Waals surface area contributed by atoms with Crippen LogP contribution in [-0.2, 0) is 9.53 Å². The molecule has 1 aromatic rings. The zero-order chi connectivity index (χ0) is 13.7. The standard InChI is InChI=1S/C14H17Cl2NO2/c15-11-7-12(16)9-13(8-11)17-14(18)2-1-10-3-5-19-6-4-10/h7-10H,1-6H2,(H,17,18). The van der Waals surface area contributed by atoms with Crippen molar-refractivity contribution in [3.63, 3.8) is 0 Å². The third-order valence-corrected chi connectivity index (χ3v) is 3.70. The average Bonchev–Trinajstić information content (AvgIpc) is 2.36. The van der Waals surface area contributed by atoms with E-state index in [2.05, 4.69) is 5.32 Å². The molecule has 0 spiro atoms. The predicted molar refractivity (Wildman–Crippen MR) is 77.9 cm³/mol. The molecule has 0 atom stereocenters. The van der Waals surface area contributed by atoms with E-state index in [4.69, 9.17) is 27.9 Å². The molecule has 1 aliphatic heterocycles. The number of hydrogen-bond acceptors (Lipinski definition) is 2. The van der Waals surface area contributed by atoms with Crippen molar-refractivity contribution >= 4 is 34.8 Å². The Balaban J connectivity index is 1.80. The van der Waals surface area contributed by atoms with Gasteiger partial charge in [0, 0.05) is 35.4 Å². The lowest BCUT2D eigenvalue weighted by Crippen LogP contribution is -2.18. The fraction of sp³-hybridized carbons (Fsp3) is 0.500. The summed E-state index contributed by atoms with van der Waals surface area (Å²) >= 11 is 11.8. The predicted octanol–water partition coefficient (Wildman–Crippen LogP) is 4.14. The minimum absolute atomic E-state index is 0.00447. The Morgan fingerprint density at radius 3 is 2.47 bits per heavy atom. The first-order valence-electron chi connectivity index (χ1n) is 6.47. The van der Waals surface area contributed by atoms with Crippen molar-refractivity contribution < 1.29 is 9.53 Å². The minimum atomic E-state index is 0.00447. The lowest BCUT2D eigenvalue weighted by atomic mass is 9.95. The van der Waals surface area contributed by atoms with Crippen LogP contribution < -0.4 is 5.32 Å².